The molecule has 1 saturated heterocycles. The van der Waals surface area contributed by atoms with Crippen LogP contribution in [0.5, 0.6) is 0 Å². The summed E-state index contributed by atoms with van der Waals surface area (Å²) in [5, 5.41) is 0. The van der Waals surface area contributed by atoms with Gasteiger partial charge in [-0.2, -0.15) is 0 Å². The molecule has 1 fully saturated rings. The first-order valence-electron chi connectivity index (χ1n) is 7.28. The van der Waals surface area contributed by atoms with Crippen molar-refractivity contribution in [1.82, 2.24) is 9.80 Å². The number of hydrogen-bond donors (Lipinski definition) is 0. The van der Waals surface area contributed by atoms with E-state index in [0.717, 1.165) is 32.7 Å². The highest BCUT2D eigenvalue weighted by Gasteiger charge is 2.19. The molecular formula is C16H23FN2O. The molecule has 0 atom stereocenters. The number of Topliss-reactive ketones (excluding diaryl/α,β-unsaturated/α-hetero) is 1. The Morgan fingerprint density at radius 3 is 2.45 bits per heavy atom. The van der Waals surface area contributed by atoms with E-state index < -0.39 is 0 Å². The number of ketones is 1. The van der Waals surface area contributed by atoms with Crippen molar-refractivity contribution < 1.29 is 9.18 Å². The second-order valence-corrected chi connectivity index (χ2v) is 5.90. The summed E-state index contributed by atoms with van der Waals surface area (Å²) in [5.41, 5.74) is 0.467. The fourth-order valence-corrected chi connectivity index (χ4v) is 2.60. The average Bonchev–Trinajstić information content (AvgIpc) is 2.40. The molecule has 0 aliphatic carbocycles. The number of carbonyl (C=O) groups is 1. The van der Waals surface area contributed by atoms with Gasteiger partial charge >= 0.3 is 0 Å². The summed E-state index contributed by atoms with van der Waals surface area (Å²) in [5.74, 6) is 0.329. The van der Waals surface area contributed by atoms with Gasteiger partial charge in [-0.15, -0.1) is 0 Å². The van der Waals surface area contributed by atoms with Crippen molar-refractivity contribution in [3.05, 3.63) is 35.6 Å². The number of hydrogen-bond acceptors (Lipinski definition) is 3. The molecule has 0 radical (unpaired) electrons. The Morgan fingerprint density at radius 2 is 1.85 bits per heavy atom. The normalized spacial score (nSPS) is 17.6. The van der Waals surface area contributed by atoms with Crippen LogP contribution in [0.15, 0.2) is 24.3 Å². The highest BCUT2D eigenvalue weighted by Crippen LogP contribution is 2.09. The maximum absolute atomic E-state index is 13.1. The fourth-order valence-electron chi connectivity index (χ4n) is 2.60. The van der Waals surface area contributed by atoms with E-state index in [-0.39, 0.29) is 11.6 Å². The van der Waals surface area contributed by atoms with Crippen molar-refractivity contribution in [3.8, 4) is 0 Å². The zero-order valence-electron chi connectivity index (χ0n) is 12.3. The molecule has 1 aromatic rings. The van der Waals surface area contributed by atoms with Crippen molar-refractivity contribution in [2.24, 2.45) is 5.92 Å². The van der Waals surface area contributed by atoms with E-state index >= 15 is 0 Å². The summed E-state index contributed by atoms with van der Waals surface area (Å²) in [6, 6.07) is 5.95. The maximum atomic E-state index is 13.1. The maximum Gasteiger partial charge on any atom is 0.176 e. The molecule has 0 aromatic heterocycles. The first kappa shape index (κ1) is 15.1. The van der Waals surface area contributed by atoms with Crippen LogP contribution in [-0.4, -0.2) is 54.9 Å². The SMILES string of the molecule is CC(C)CN1CCN(CC(=O)c2cccc(F)c2)CC1. The first-order chi connectivity index (χ1) is 9.54. The molecule has 3 nitrogen and oxygen atoms in total. The zero-order chi connectivity index (χ0) is 14.5. The number of halogens is 1. The van der Waals surface area contributed by atoms with Gasteiger partial charge in [0, 0.05) is 38.3 Å². The van der Waals surface area contributed by atoms with E-state index in [9.17, 15) is 9.18 Å². The summed E-state index contributed by atoms with van der Waals surface area (Å²) in [7, 11) is 0. The molecule has 110 valence electrons. The molecule has 1 aliphatic rings. The van der Waals surface area contributed by atoms with Crippen molar-refractivity contribution >= 4 is 5.78 Å². The average molecular weight is 278 g/mol. The lowest BCUT2D eigenvalue weighted by molar-refractivity contribution is 0.0837. The first-order valence-corrected chi connectivity index (χ1v) is 7.28. The molecule has 1 aromatic carbocycles. The fraction of sp³-hybridized carbons (Fsp3) is 0.562. The van der Waals surface area contributed by atoms with Crippen molar-refractivity contribution in [2.45, 2.75) is 13.8 Å². The van der Waals surface area contributed by atoms with Crippen LogP contribution < -0.4 is 0 Å². The van der Waals surface area contributed by atoms with Crippen LogP contribution in [0, 0.1) is 11.7 Å². The Labute approximate surface area is 120 Å². The molecule has 1 aliphatic heterocycles. The summed E-state index contributed by atoms with van der Waals surface area (Å²) >= 11 is 0. The van der Waals surface area contributed by atoms with E-state index in [2.05, 4.69) is 23.6 Å². The summed E-state index contributed by atoms with van der Waals surface area (Å²) < 4.78 is 13.1. The van der Waals surface area contributed by atoms with Gasteiger partial charge < -0.3 is 4.90 Å². The van der Waals surface area contributed by atoms with Crippen LogP contribution in [0.2, 0.25) is 0 Å². The number of nitrogens with zero attached hydrogens (tertiary/aromatic N) is 2. The predicted octanol–water partition coefficient (Wildman–Crippen LogP) is 2.28. The van der Waals surface area contributed by atoms with Crippen LogP contribution in [0.1, 0.15) is 24.2 Å². The summed E-state index contributed by atoms with van der Waals surface area (Å²) in [6.07, 6.45) is 0. The minimum absolute atomic E-state index is 0.00168. The minimum atomic E-state index is -0.349. The van der Waals surface area contributed by atoms with Gasteiger partial charge in [0.15, 0.2) is 5.78 Å². The van der Waals surface area contributed by atoms with E-state index in [1.54, 1.807) is 12.1 Å². The van der Waals surface area contributed by atoms with Gasteiger partial charge in [0.05, 0.1) is 6.54 Å². The zero-order valence-corrected chi connectivity index (χ0v) is 12.3. The van der Waals surface area contributed by atoms with Gasteiger partial charge in [0.2, 0.25) is 0 Å². The molecule has 0 saturated carbocycles. The summed E-state index contributed by atoms with van der Waals surface area (Å²) in [6.45, 7) is 9.79. The third-order valence-corrected chi connectivity index (χ3v) is 3.60. The van der Waals surface area contributed by atoms with Crippen LogP contribution in [-0.2, 0) is 0 Å². The molecule has 0 amide bonds. The number of piperazine rings is 1. The second kappa shape index (κ2) is 6.95. The Balaban J connectivity index is 1.82. The monoisotopic (exact) mass is 278 g/mol. The largest absolute Gasteiger partial charge is 0.301 e. The lowest BCUT2D eigenvalue weighted by atomic mass is 10.1. The van der Waals surface area contributed by atoms with E-state index in [4.69, 9.17) is 0 Å². The van der Waals surface area contributed by atoms with Crippen LogP contribution in [0.25, 0.3) is 0 Å². The van der Waals surface area contributed by atoms with Crippen LogP contribution >= 0.6 is 0 Å². The van der Waals surface area contributed by atoms with E-state index in [1.807, 2.05) is 0 Å². The van der Waals surface area contributed by atoms with E-state index in [0.29, 0.717) is 18.0 Å². The topological polar surface area (TPSA) is 23.6 Å². The molecule has 4 heteroatoms. The van der Waals surface area contributed by atoms with Gasteiger partial charge in [0.25, 0.3) is 0 Å². The third-order valence-electron chi connectivity index (χ3n) is 3.60. The number of rotatable bonds is 5. The standard InChI is InChI=1S/C16H23FN2O/c1-13(2)11-18-6-8-19(9-7-18)12-16(20)14-4-3-5-15(17)10-14/h3-5,10,13H,6-9,11-12H2,1-2H3. The van der Waals surface area contributed by atoms with Gasteiger partial charge in [-0.3, -0.25) is 9.69 Å². The van der Waals surface area contributed by atoms with E-state index in [1.165, 1.54) is 12.1 Å². The van der Waals surface area contributed by atoms with Crippen LogP contribution in [0.3, 0.4) is 0 Å². The smallest absolute Gasteiger partial charge is 0.176 e. The lowest BCUT2D eigenvalue weighted by Crippen LogP contribution is -2.48. The van der Waals surface area contributed by atoms with Crippen LogP contribution in [0.4, 0.5) is 4.39 Å². The highest BCUT2D eigenvalue weighted by molar-refractivity contribution is 5.97. The van der Waals surface area contributed by atoms with Crippen molar-refractivity contribution in [3.63, 3.8) is 0 Å². The quantitative estimate of drug-likeness (QED) is 0.772. The Kier molecular flexibility index (Phi) is 5.26. The molecule has 2 rings (SSSR count). The Hall–Kier alpha value is -1.26. The van der Waals surface area contributed by atoms with Gasteiger partial charge in [0.1, 0.15) is 5.82 Å². The van der Waals surface area contributed by atoms with Crippen molar-refractivity contribution in [1.29, 1.82) is 0 Å². The molecular weight excluding hydrogens is 255 g/mol. The Bertz CT molecular complexity index is 454. The molecule has 1 heterocycles. The molecule has 0 N–H and O–H groups in total. The predicted molar refractivity (Wildman–Crippen MR) is 78.4 cm³/mol. The van der Waals surface area contributed by atoms with Crippen molar-refractivity contribution in [2.75, 3.05) is 39.3 Å². The number of benzene rings is 1. The van der Waals surface area contributed by atoms with Gasteiger partial charge in [-0.25, -0.2) is 4.39 Å². The number of carbonyl (C=O) groups excluding carboxylic acids is 1. The second-order valence-electron chi connectivity index (χ2n) is 5.90. The Morgan fingerprint density at radius 1 is 1.20 bits per heavy atom. The van der Waals surface area contributed by atoms with Gasteiger partial charge in [-0.1, -0.05) is 26.0 Å². The molecule has 0 bridgehead atoms. The third kappa shape index (κ3) is 4.39. The molecule has 0 unspecified atom stereocenters. The summed E-state index contributed by atoms with van der Waals surface area (Å²) in [4.78, 5) is 16.7. The molecule has 0 spiro atoms. The highest BCUT2D eigenvalue weighted by atomic mass is 19.1. The lowest BCUT2D eigenvalue weighted by Gasteiger charge is -2.35. The van der Waals surface area contributed by atoms with Gasteiger partial charge in [-0.05, 0) is 18.1 Å². The molecule has 20 heavy (non-hydrogen) atoms. The minimum Gasteiger partial charge on any atom is -0.301 e.